The maximum atomic E-state index is 13.9. The summed E-state index contributed by atoms with van der Waals surface area (Å²) in [6.07, 6.45) is -1.23. The van der Waals surface area contributed by atoms with Crippen LogP contribution in [0.1, 0.15) is 25.8 Å². The standard InChI is InChI=1S/C16H16F2N2O4/c1-3-4-12-13(17)6-10(7-14(12)18)20-8-11(24-16(20)22)5-9(2)15(21)19-23/h6-7,9,11,23H,5,8H2,1-2H3,(H,19,21). The summed E-state index contributed by atoms with van der Waals surface area (Å²) in [6.45, 7) is 3.05. The predicted octanol–water partition coefficient (Wildman–Crippen LogP) is 2.19. The Morgan fingerprint density at radius 3 is 2.67 bits per heavy atom. The second-order valence-electron chi connectivity index (χ2n) is 5.39. The lowest BCUT2D eigenvalue weighted by Crippen LogP contribution is -2.30. The maximum Gasteiger partial charge on any atom is 0.414 e. The van der Waals surface area contributed by atoms with E-state index in [1.165, 1.54) is 12.4 Å². The number of amides is 2. The van der Waals surface area contributed by atoms with Crippen LogP contribution in [0.5, 0.6) is 0 Å². The topological polar surface area (TPSA) is 78.9 Å². The van der Waals surface area contributed by atoms with Crippen molar-refractivity contribution in [2.45, 2.75) is 26.4 Å². The van der Waals surface area contributed by atoms with Crippen LogP contribution in [0, 0.1) is 29.4 Å². The number of carbonyl (C=O) groups is 2. The number of nitrogens with zero attached hydrogens (tertiary/aromatic N) is 1. The normalized spacial score (nSPS) is 17.8. The third-order valence-electron chi connectivity index (χ3n) is 3.64. The van der Waals surface area contributed by atoms with E-state index < -0.39 is 35.7 Å². The highest BCUT2D eigenvalue weighted by Crippen LogP contribution is 2.27. The van der Waals surface area contributed by atoms with Gasteiger partial charge in [-0.05, 0) is 25.5 Å². The summed E-state index contributed by atoms with van der Waals surface area (Å²) in [5.74, 6) is 1.79. The second kappa shape index (κ2) is 7.27. The fourth-order valence-corrected chi connectivity index (χ4v) is 2.43. The number of hydroxylamine groups is 1. The minimum absolute atomic E-state index is 0.0124. The number of cyclic esters (lactones) is 1. The van der Waals surface area contributed by atoms with Gasteiger partial charge in [0.1, 0.15) is 17.7 Å². The van der Waals surface area contributed by atoms with Crippen LogP contribution in [0.15, 0.2) is 12.1 Å². The average molecular weight is 338 g/mol. The number of rotatable bonds is 4. The summed E-state index contributed by atoms with van der Waals surface area (Å²) in [6, 6.07) is 2.02. The molecule has 1 aliphatic rings. The van der Waals surface area contributed by atoms with Gasteiger partial charge in [-0.15, -0.1) is 5.92 Å². The van der Waals surface area contributed by atoms with Crippen LogP contribution >= 0.6 is 0 Å². The number of ether oxygens (including phenoxy) is 1. The molecule has 1 saturated heterocycles. The van der Waals surface area contributed by atoms with Gasteiger partial charge in [0.05, 0.1) is 17.8 Å². The van der Waals surface area contributed by atoms with Crippen LogP contribution in [-0.4, -0.2) is 29.9 Å². The lowest BCUT2D eigenvalue weighted by Gasteiger charge is -2.15. The van der Waals surface area contributed by atoms with Crippen molar-refractivity contribution in [1.29, 1.82) is 0 Å². The van der Waals surface area contributed by atoms with E-state index >= 15 is 0 Å². The molecule has 1 fully saturated rings. The van der Waals surface area contributed by atoms with Crippen LogP contribution in [0.4, 0.5) is 19.3 Å². The first-order valence-electron chi connectivity index (χ1n) is 7.21. The van der Waals surface area contributed by atoms with Gasteiger partial charge in [0.15, 0.2) is 0 Å². The van der Waals surface area contributed by atoms with Crippen molar-refractivity contribution in [3.63, 3.8) is 0 Å². The number of anilines is 1. The molecule has 1 aromatic carbocycles. The summed E-state index contributed by atoms with van der Waals surface area (Å²) < 4.78 is 33.0. The first kappa shape index (κ1) is 17.7. The zero-order chi connectivity index (χ0) is 17.9. The lowest BCUT2D eigenvalue weighted by atomic mass is 10.0. The third-order valence-corrected chi connectivity index (χ3v) is 3.64. The summed E-state index contributed by atoms with van der Waals surface area (Å²) in [5.41, 5.74) is 1.17. The SMILES string of the molecule is CC#Cc1c(F)cc(N2CC(CC(C)C(=O)NO)OC2=O)cc1F. The first-order chi connectivity index (χ1) is 11.4. The van der Waals surface area contributed by atoms with E-state index in [-0.39, 0.29) is 24.2 Å². The van der Waals surface area contributed by atoms with E-state index in [0.717, 1.165) is 17.0 Å². The molecule has 0 aliphatic carbocycles. The van der Waals surface area contributed by atoms with Crippen LogP contribution in [0.25, 0.3) is 0 Å². The number of carbonyl (C=O) groups excluding carboxylic acids is 2. The molecule has 2 unspecified atom stereocenters. The molecule has 0 radical (unpaired) electrons. The third kappa shape index (κ3) is 3.63. The summed E-state index contributed by atoms with van der Waals surface area (Å²) in [4.78, 5) is 24.3. The van der Waals surface area contributed by atoms with Crippen molar-refractivity contribution in [1.82, 2.24) is 5.48 Å². The van der Waals surface area contributed by atoms with Crippen molar-refractivity contribution in [3.05, 3.63) is 29.3 Å². The minimum Gasteiger partial charge on any atom is -0.444 e. The molecule has 2 N–H and O–H groups in total. The largest absolute Gasteiger partial charge is 0.444 e. The molecule has 128 valence electrons. The van der Waals surface area contributed by atoms with Gasteiger partial charge in [-0.3, -0.25) is 14.9 Å². The molecule has 0 aromatic heterocycles. The van der Waals surface area contributed by atoms with Gasteiger partial charge in [-0.25, -0.2) is 19.1 Å². The molecule has 1 heterocycles. The van der Waals surface area contributed by atoms with Crippen molar-refractivity contribution in [2.24, 2.45) is 5.92 Å². The maximum absolute atomic E-state index is 13.9. The monoisotopic (exact) mass is 338 g/mol. The zero-order valence-corrected chi connectivity index (χ0v) is 13.1. The minimum atomic E-state index is -0.872. The van der Waals surface area contributed by atoms with Gasteiger partial charge in [-0.1, -0.05) is 12.8 Å². The highest BCUT2D eigenvalue weighted by atomic mass is 19.1. The molecule has 1 aromatic rings. The number of hydrogen-bond donors (Lipinski definition) is 2. The fraction of sp³-hybridized carbons (Fsp3) is 0.375. The average Bonchev–Trinajstić information content (AvgIpc) is 2.90. The second-order valence-corrected chi connectivity index (χ2v) is 5.39. The molecular weight excluding hydrogens is 322 g/mol. The van der Waals surface area contributed by atoms with E-state index in [0.29, 0.717) is 0 Å². The van der Waals surface area contributed by atoms with Gasteiger partial charge < -0.3 is 4.74 Å². The Labute approximate surface area is 137 Å². The van der Waals surface area contributed by atoms with E-state index in [9.17, 15) is 18.4 Å². The van der Waals surface area contributed by atoms with Crippen molar-refractivity contribution >= 4 is 17.7 Å². The number of benzene rings is 1. The molecule has 8 heteroatoms. The van der Waals surface area contributed by atoms with Crippen LogP contribution in [0.3, 0.4) is 0 Å². The Bertz CT molecular complexity index is 704. The molecule has 0 saturated carbocycles. The fourth-order valence-electron chi connectivity index (χ4n) is 2.43. The number of hydrogen-bond acceptors (Lipinski definition) is 4. The smallest absolute Gasteiger partial charge is 0.414 e. The molecule has 2 rings (SSSR count). The van der Waals surface area contributed by atoms with Crippen molar-refractivity contribution in [3.8, 4) is 11.8 Å². The molecule has 2 atom stereocenters. The number of nitrogens with one attached hydrogen (secondary N) is 1. The van der Waals surface area contributed by atoms with E-state index in [4.69, 9.17) is 9.94 Å². The molecule has 0 spiro atoms. The molecule has 0 bridgehead atoms. The zero-order valence-electron chi connectivity index (χ0n) is 13.1. The van der Waals surface area contributed by atoms with E-state index in [1.807, 2.05) is 0 Å². The quantitative estimate of drug-likeness (QED) is 0.501. The van der Waals surface area contributed by atoms with Gasteiger partial charge in [-0.2, -0.15) is 0 Å². The molecule has 6 nitrogen and oxygen atoms in total. The van der Waals surface area contributed by atoms with Crippen LogP contribution < -0.4 is 10.4 Å². The van der Waals surface area contributed by atoms with Crippen molar-refractivity contribution in [2.75, 3.05) is 11.4 Å². The van der Waals surface area contributed by atoms with E-state index in [2.05, 4.69) is 11.8 Å². The molecular formula is C16H16F2N2O4. The lowest BCUT2D eigenvalue weighted by molar-refractivity contribution is -0.133. The van der Waals surface area contributed by atoms with Gasteiger partial charge >= 0.3 is 6.09 Å². The summed E-state index contributed by atoms with van der Waals surface area (Å²) in [5, 5.41) is 8.58. The Morgan fingerprint density at radius 2 is 2.12 bits per heavy atom. The molecule has 2 amide bonds. The Morgan fingerprint density at radius 1 is 1.50 bits per heavy atom. The predicted molar refractivity (Wildman–Crippen MR) is 80.2 cm³/mol. The van der Waals surface area contributed by atoms with Crippen molar-refractivity contribution < 1.29 is 28.3 Å². The van der Waals surface area contributed by atoms with Gasteiger partial charge in [0, 0.05) is 5.92 Å². The van der Waals surface area contributed by atoms with Gasteiger partial charge in [0.25, 0.3) is 0 Å². The molecule has 1 aliphatic heterocycles. The highest BCUT2D eigenvalue weighted by Gasteiger charge is 2.35. The highest BCUT2D eigenvalue weighted by molar-refractivity contribution is 5.90. The summed E-state index contributed by atoms with van der Waals surface area (Å²) in [7, 11) is 0. The number of halogens is 2. The van der Waals surface area contributed by atoms with Gasteiger partial charge in [0.2, 0.25) is 5.91 Å². The van der Waals surface area contributed by atoms with Crippen LogP contribution in [0.2, 0.25) is 0 Å². The Kier molecular flexibility index (Phi) is 5.36. The van der Waals surface area contributed by atoms with E-state index in [1.54, 1.807) is 6.92 Å². The molecule has 24 heavy (non-hydrogen) atoms. The summed E-state index contributed by atoms with van der Waals surface area (Å²) >= 11 is 0. The first-order valence-corrected chi connectivity index (χ1v) is 7.21. The Balaban J connectivity index is 2.17. The Hall–Kier alpha value is -2.66. The van der Waals surface area contributed by atoms with Crippen LogP contribution in [-0.2, 0) is 9.53 Å².